The second kappa shape index (κ2) is 6.40. The van der Waals surface area contributed by atoms with Gasteiger partial charge in [-0.1, -0.05) is 19.1 Å². The highest BCUT2D eigenvalue weighted by Crippen LogP contribution is 2.25. The molecule has 0 bridgehead atoms. The van der Waals surface area contributed by atoms with Crippen molar-refractivity contribution in [1.29, 1.82) is 0 Å². The predicted molar refractivity (Wildman–Crippen MR) is 101 cm³/mol. The average Bonchev–Trinajstić information content (AvgIpc) is 2.90. The lowest BCUT2D eigenvalue weighted by atomic mass is 10.1. The number of carbonyl (C=O) groups excluding carboxylic acids is 1. The summed E-state index contributed by atoms with van der Waals surface area (Å²) < 4.78 is 2.77. The van der Waals surface area contributed by atoms with E-state index in [1.807, 2.05) is 62.6 Å². The topological polar surface area (TPSA) is 46.4 Å². The highest BCUT2D eigenvalue weighted by Gasteiger charge is 2.20. The first-order chi connectivity index (χ1) is 11.4. The number of carbonyl (C=O) groups is 1. The zero-order valence-corrected chi connectivity index (χ0v) is 15.9. The molecule has 0 saturated carbocycles. The van der Waals surface area contributed by atoms with E-state index in [-0.39, 0.29) is 5.91 Å². The van der Waals surface area contributed by atoms with Crippen molar-refractivity contribution in [2.45, 2.75) is 34.1 Å². The Labute approximate surface area is 150 Å². The van der Waals surface area contributed by atoms with Crippen LogP contribution in [-0.4, -0.2) is 15.3 Å². The Balaban J connectivity index is 2.11. The largest absolute Gasteiger partial charge is 0.320 e. The third-order valence-electron chi connectivity index (χ3n) is 4.29. The third-order valence-corrected chi connectivity index (χ3v) is 4.87. The molecule has 1 aromatic carbocycles. The van der Waals surface area contributed by atoms with Crippen molar-refractivity contribution in [2.75, 3.05) is 5.32 Å². The highest BCUT2D eigenvalue weighted by molar-refractivity contribution is 9.10. The molecule has 0 unspecified atom stereocenters. The zero-order chi connectivity index (χ0) is 17.4. The minimum atomic E-state index is -0.134. The van der Waals surface area contributed by atoms with Gasteiger partial charge in [0.15, 0.2) is 5.65 Å². The maximum atomic E-state index is 13.0. The number of aromatic nitrogens is 2. The predicted octanol–water partition coefficient (Wildman–Crippen LogP) is 4.84. The lowest BCUT2D eigenvalue weighted by Crippen LogP contribution is -2.17. The van der Waals surface area contributed by atoms with Crippen LogP contribution in [0.3, 0.4) is 0 Å². The van der Waals surface area contributed by atoms with Gasteiger partial charge in [0.25, 0.3) is 5.91 Å². The van der Waals surface area contributed by atoms with Crippen LogP contribution in [0, 0.1) is 20.8 Å². The van der Waals surface area contributed by atoms with E-state index in [1.54, 1.807) is 0 Å². The lowest BCUT2D eigenvalue weighted by molar-refractivity contribution is 0.102. The van der Waals surface area contributed by atoms with Crippen molar-refractivity contribution in [2.24, 2.45) is 0 Å². The Morgan fingerprint density at radius 2 is 2.04 bits per heavy atom. The van der Waals surface area contributed by atoms with Gasteiger partial charge in [0.2, 0.25) is 0 Å². The van der Waals surface area contributed by atoms with Gasteiger partial charge in [-0.05, 0) is 71.9 Å². The van der Waals surface area contributed by atoms with Crippen LogP contribution in [0.1, 0.15) is 39.8 Å². The molecule has 0 atom stereocenters. The molecule has 0 aliphatic heterocycles. The van der Waals surface area contributed by atoms with Gasteiger partial charge in [0.05, 0.1) is 10.2 Å². The van der Waals surface area contributed by atoms with Gasteiger partial charge >= 0.3 is 0 Å². The molecular formula is C19H20BrN3O. The highest BCUT2D eigenvalue weighted by atomic mass is 79.9. The summed E-state index contributed by atoms with van der Waals surface area (Å²) in [5, 5.41) is 3.04. The first kappa shape index (κ1) is 16.7. The molecule has 2 aromatic heterocycles. The molecule has 0 aliphatic carbocycles. The quantitative estimate of drug-likeness (QED) is 0.701. The Morgan fingerprint density at radius 1 is 1.29 bits per heavy atom. The van der Waals surface area contributed by atoms with Crippen molar-refractivity contribution < 1.29 is 4.79 Å². The Morgan fingerprint density at radius 3 is 2.75 bits per heavy atom. The number of amides is 1. The number of benzene rings is 1. The fourth-order valence-corrected chi connectivity index (χ4v) is 3.47. The lowest BCUT2D eigenvalue weighted by Gasteiger charge is -2.11. The number of pyridine rings is 1. The van der Waals surface area contributed by atoms with E-state index in [0.717, 1.165) is 38.2 Å². The second-order valence-corrected chi connectivity index (χ2v) is 6.88. The summed E-state index contributed by atoms with van der Waals surface area (Å²) in [6, 6.07) is 7.93. The fourth-order valence-electron chi connectivity index (χ4n) is 2.83. The molecule has 1 amide bonds. The maximum absolute atomic E-state index is 13.0. The van der Waals surface area contributed by atoms with Crippen molar-refractivity contribution in [3.63, 3.8) is 0 Å². The minimum absolute atomic E-state index is 0.134. The zero-order valence-electron chi connectivity index (χ0n) is 14.3. The molecule has 0 aliphatic rings. The van der Waals surface area contributed by atoms with Crippen LogP contribution < -0.4 is 5.32 Å². The minimum Gasteiger partial charge on any atom is -0.320 e. The van der Waals surface area contributed by atoms with Crippen LogP contribution >= 0.6 is 15.9 Å². The number of nitrogens with one attached hydrogen (secondary N) is 1. The van der Waals surface area contributed by atoms with Crippen LogP contribution in [-0.2, 0) is 6.42 Å². The van der Waals surface area contributed by atoms with Gasteiger partial charge < -0.3 is 5.32 Å². The van der Waals surface area contributed by atoms with Gasteiger partial charge in [0, 0.05) is 11.9 Å². The van der Waals surface area contributed by atoms with E-state index in [2.05, 4.69) is 26.2 Å². The van der Waals surface area contributed by atoms with E-state index < -0.39 is 0 Å². The Hall–Kier alpha value is -2.14. The molecule has 3 aromatic rings. The smallest absolute Gasteiger partial charge is 0.274 e. The fraction of sp³-hybridized carbons (Fsp3) is 0.263. The van der Waals surface area contributed by atoms with E-state index in [1.165, 1.54) is 0 Å². The monoisotopic (exact) mass is 385 g/mol. The molecule has 5 heteroatoms. The molecule has 2 heterocycles. The summed E-state index contributed by atoms with van der Waals surface area (Å²) in [4.78, 5) is 17.6. The molecule has 0 fully saturated rings. The van der Waals surface area contributed by atoms with E-state index in [4.69, 9.17) is 0 Å². The summed E-state index contributed by atoms with van der Waals surface area (Å²) in [5.74, 6) is -0.134. The molecule has 3 rings (SSSR count). The number of halogens is 1. The van der Waals surface area contributed by atoms with E-state index >= 15 is 0 Å². The number of imidazole rings is 1. The Bertz CT molecular complexity index is 943. The SMILES string of the molecule is CCc1nc2c(Br)cc(C)cn2c1C(=O)Nc1cccc(C)c1C. The maximum Gasteiger partial charge on any atom is 0.274 e. The normalized spacial score (nSPS) is 11.0. The van der Waals surface area contributed by atoms with Crippen LogP contribution in [0.4, 0.5) is 5.69 Å². The number of rotatable bonds is 3. The summed E-state index contributed by atoms with van der Waals surface area (Å²) in [6.45, 7) is 8.07. The van der Waals surface area contributed by atoms with Gasteiger partial charge in [0.1, 0.15) is 5.69 Å². The van der Waals surface area contributed by atoms with Gasteiger partial charge in [-0.15, -0.1) is 0 Å². The molecule has 0 saturated heterocycles. The van der Waals surface area contributed by atoms with Gasteiger partial charge in [-0.25, -0.2) is 4.98 Å². The molecule has 0 spiro atoms. The standard InChI is InChI=1S/C19H20BrN3O/c1-5-15-17(23-10-11(2)9-14(20)18(23)21-15)19(24)22-16-8-6-7-12(3)13(16)4/h6-10H,5H2,1-4H3,(H,22,24). The molecule has 24 heavy (non-hydrogen) atoms. The summed E-state index contributed by atoms with van der Waals surface area (Å²) in [5.41, 5.74) is 6.29. The van der Waals surface area contributed by atoms with Crippen molar-refractivity contribution >= 4 is 33.2 Å². The molecule has 4 nitrogen and oxygen atoms in total. The molecular weight excluding hydrogens is 366 g/mol. The summed E-state index contributed by atoms with van der Waals surface area (Å²) in [7, 11) is 0. The summed E-state index contributed by atoms with van der Waals surface area (Å²) >= 11 is 3.55. The number of hydrogen-bond donors (Lipinski definition) is 1. The van der Waals surface area contributed by atoms with Crippen molar-refractivity contribution in [3.8, 4) is 0 Å². The molecule has 0 radical (unpaired) electrons. The molecule has 1 N–H and O–H groups in total. The third kappa shape index (κ3) is 2.84. The number of hydrogen-bond acceptors (Lipinski definition) is 2. The van der Waals surface area contributed by atoms with Crippen molar-refractivity contribution in [1.82, 2.24) is 9.38 Å². The number of nitrogens with zero attached hydrogens (tertiary/aromatic N) is 2. The second-order valence-electron chi connectivity index (χ2n) is 6.02. The van der Waals surface area contributed by atoms with Gasteiger partial charge in [-0.2, -0.15) is 0 Å². The number of aryl methyl sites for hydroxylation is 3. The number of fused-ring (bicyclic) bond motifs is 1. The number of anilines is 1. The van der Waals surface area contributed by atoms with Crippen LogP contribution in [0.5, 0.6) is 0 Å². The van der Waals surface area contributed by atoms with Crippen LogP contribution in [0.25, 0.3) is 5.65 Å². The van der Waals surface area contributed by atoms with Crippen LogP contribution in [0.2, 0.25) is 0 Å². The van der Waals surface area contributed by atoms with Crippen molar-refractivity contribution in [3.05, 3.63) is 63.0 Å². The van der Waals surface area contributed by atoms with Crippen LogP contribution in [0.15, 0.2) is 34.9 Å². The van der Waals surface area contributed by atoms with Gasteiger partial charge in [-0.3, -0.25) is 9.20 Å². The van der Waals surface area contributed by atoms with E-state index in [0.29, 0.717) is 12.1 Å². The first-order valence-corrected chi connectivity index (χ1v) is 8.76. The first-order valence-electron chi connectivity index (χ1n) is 7.97. The summed E-state index contributed by atoms with van der Waals surface area (Å²) in [6.07, 6.45) is 2.65. The molecule has 124 valence electrons. The average molecular weight is 386 g/mol. The van der Waals surface area contributed by atoms with E-state index in [9.17, 15) is 4.79 Å². The Kier molecular flexibility index (Phi) is 4.45.